The van der Waals surface area contributed by atoms with Crippen LogP contribution < -0.4 is 5.32 Å². The summed E-state index contributed by atoms with van der Waals surface area (Å²) in [4.78, 5) is 10.2. The lowest BCUT2D eigenvalue weighted by atomic mass is 10.2. The van der Waals surface area contributed by atoms with E-state index < -0.39 is 0 Å². The van der Waals surface area contributed by atoms with Gasteiger partial charge in [-0.05, 0) is 25.5 Å². The van der Waals surface area contributed by atoms with Crippen LogP contribution in [0.2, 0.25) is 0 Å². The molecule has 1 aromatic carbocycles. The molecule has 16 heavy (non-hydrogen) atoms. The molecule has 0 unspecified atom stereocenters. The number of terminal acetylenes is 1. The van der Waals surface area contributed by atoms with Gasteiger partial charge in [0.25, 0.3) is 5.69 Å². The van der Waals surface area contributed by atoms with Gasteiger partial charge in [0.05, 0.1) is 4.92 Å². The SMILES string of the molecule is C#CCCCNc1ccc([N+](=O)[O-])c(C)c1. The molecular formula is C12H14N2O2. The minimum atomic E-state index is -0.378. The standard InChI is InChI=1S/C12H14N2O2/c1-3-4-5-8-13-11-6-7-12(14(15)16)10(2)9-11/h1,6-7,9,13H,4-5,8H2,2H3. The van der Waals surface area contributed by atoms with Crippen molar-refractivity contribution < 1.29 is 4.92 Å². The third-order valence-corrected chi connectivity index (χ3v) is 2.22. The van der Waals surface area contributed by atoms with Crippen molar-refractivity contribution in [2.45, 2.75) is 19.8 Å². The van der Waals surface area contributed by atoms with E-state index in [0.717, 1.165) is 25.1 Å². The molecular weight excluding hydrogens is 204 g/mol. The van der Waals surface area contributed by atoms with Crippen LogP contribution in [0.1, 0.15) is 18.4 Å². The first-order valence-electron chi connectivity index (χ1n) is 5.07. The van der Waals surface area contributed by atoms with Gasteiger partial charge in [0, 0.05) is 30.3 Å². The minimum absolute atomic E-state index is 0.147. The molecule has 0 aromatic heterocycles. The highest BCUT2D eigenvalue weighted by Gasteiger charge is 2.09. The van der Waals surface area contributed by atoms with E-state index in [9.17, 15) is 10.1 Å². The Hall–Kier alpha value is -2.02. The second kappa shape index (κ2) is 5.76. The number of nitrogens with one attached hydrogen (secondary N) is 1. The number of nitrogens with zero attached hydrogens (tertiary/aromatic N) is 1. The zero-order chi connectivity index (χ0) is 12.0. The Morgan fingerprint density at radius 3 is 2.88 bits per heavy atom. The number of unbranched alkanes of at least 4 members (excludes halogenated alkanes) is 1. The molecule has 1 N–H and O–H groups in total. The van der Waals surface area contributed by atoms with Gasteiger partial charge in [-0.2, -0.15) is 0 Å². The monoisotopic (exact) mass is 218 g/mol. The van der Waals surface area contributed by atoms with Gasteiger partial charge in [-0.25, -0.2) is 0 Å². The van der Waals surface area contributed by atoms with Crippen LogP contribution in [-0.2, 0) is 0 Å². The molecule has 0 atom stereocenters. The van der Waals surface area contributed by atoms with Gasteiger partial charge in [-0.15, -0.1) is 12.3 Å². The third kappa shape index (κ3) is 3.28. The van der Waals surface area contributed by atoms with E-state index in [1.54, 1.807) is 19.1 Å². The Morgan fingerprint density at radius 1 is 1.56 bits per heavy atom. The predicted molar refractivity (Wildman–Crippen MR) is 64.4 cm³/mol. The highest BCUT2D eigenvalue weighted by molar-refractivity contribution is 5.53. The molecule has 84 valence electrons. The molecule has 0 amide bonds. The molecule has 0 heterocycles. The van der Waals surface area contributed by atoms with Crippen molar-refractivity contribution in [3.8, 4) is 12.3 Å². The number of nitro benzene ring substituents is 1. The number of aryl methyl sites for hydroxylation is 1. The van der Waals surface area contributed by atoms with Crippen LogP contribution in [0.3, 0.4) is 0 Å². The summed E-state index contributed by atoms with van der Waals surface area (Å²) in [7, 11) is 0. The highest BCUT2D eigenvalue weighted by Crippen LogP contribution is 2.21. The maximum atomic E-state index is 10.6. The van der Waals surface area contributed by atoms with Crippen LogP contribution in [-0.4, -0.2) is 11.5 Å². The van der Waals surface area contributed by atoms with E-state index in [0.29, 0.717) is 5.56 Å². The lowest BCUT2D eigenvalue weighted by molar-refractivity contribution is -0.385. The second-order valence-electron chi connectivity index (χ2n) is 3.49. The van der Waals surface area contributed by atoms with Crippen molar-refractivity contribution in [2.75, 3.05) is 11.9 Å². The van der Waals surface area contributed by atoms with Crippen LogP contribution in [0.15, 0.2) is 18.2 Å². The Morgan fingerprint density at radius 2 is 2.31 bits per heavy atom. The number of hydrogen-bond acceptors (Lipinski definition) is 3. The fourth-order valence-corrected chi connectivity index (χ4v) is 1.39. The van der Waals surface area contributed by atoms with Crippen LogP contribution in [0, 0.1) is 29.4 Å². The quantitative estimate of drug-likeness (QED) is 0.358. The smallest absolute Gasteiger partial charge is 0.272 e. The van der Waals surface area contributed by atoms with Crippen molar-refractivity contribution in [2.24, 2.45) is 0 Å². The van der Waals surface area contributed by atoms with E-state index in [-0.39, 0.29) is 10.6 Å². The predicted octanol–water partition coefficient (Wildman–Crippen LogP) is 2.73. The fourth-order valence-electron chi connectivity index (χ4n) is 1.39. The summed E-state index contributed by atoms with van der Waals surface area (Å²) in [5, 5.41) is 13.8. The number of hydrogen-bond donors (Lipinski definition) is 1. The van der Waals surface area contributed by atoms with Gasteiger partial charge < -0.3 is 5.32 Å². The second-order valence-corrected chi connectivity index (χ2v) is 3.49. The van der Waals surface area contributed by atoms with E-state index in [1.807, 2.05) is 0 Å². The molecule has 4 nitrogen and oxygen atoms in total. The van der Waals surface area contributed by atoms with Crippen molar-refractivity contribution in [1.29, 1.82) is 0 Å². The maximum Gasteiger partial charge on any atom is 0.272 e. The van der Waals surface area contributed by atoms with Crippen LogP contribution >= 0.6 is 0 Å². The zero-order valence-electron chi connectivity index (χ0n) is 9.19. The summed E-state index contributed by atoms with van der Waals surface area (Å²) in [6, 6.07) is 4.99. The van der Waals surface area contributed by atoms with Crippen molar-refractivity contribution >= 4 is 11.4 Å². The van der Waals surface area contributed by atoms with E-state index in [1.165, 1.54) is 6.07 Å². The molecule has 0 aliphatic rings. The van der Waals surface area contributed by atoms with Crippen LogP contribution in [0.5, 0.6) is 0 Å². The molecule has 0 aliphatic heterocycles. The van der Waals surface area contributed by atoms with Gasteiger partial charge in [0.15, 0.2) is 0 Å². The van der Waals surface area contributed by atoms with Gasteiger partial charge in [-0.3, -0.25) is 10.1 Å². The summed E-state index contributed by atoms with van der Waals surface area (Å²) in [5.74, 6) is 2.56. The molecule has 0 fully saturated rings. The maximum absolute atomic E-state index is 10.6. The Labute approximate surface area is 94.8 Å². The number of nitro groups is 1. The summed E-state index contributed by atoms with van der Waals surface area (Å²) in [6.07, 6.45) is 6.76. The average Bonchev–Trinajstić information content (AvgIpc) is 2.24. The van der Waals surface area contributed by atoms with E-state index in [2.05, 4.69) is 11.2 Å². The fraction of sp³-hybridized carbons (Fsp3) is 0.333. The minimum Gasteiger partial charge on any atom is -0.385 e. The van der Waals surface area contributed by atoms with Crippen molar-refractivity contribution in [3.05, 3.63) is 33.9 Å². The first-order chi connectivity index (χ1) is 7.65. The summed E-state index contributed by atoms with van der Waals surface area (Å²) in [5.41, 5.74) is 1.70. The van der Waals surface area contributed by atoms with Gasteiger partial charge >= 0.3 is 0 Å². The molecule has 0 saturated heterocycles. The lowest BCUT2D eigenvalue weighted by Gasteiger charge is -2.06. The average molecular weight is 218 g/mol. The third-order valence-electron chi connectivity index (χ3n) is 2.22. The Kier molecular flexibility index (Phi) is 4.34. The van der Waals surface area contributed by atoms with E-state index in [4.69, 9.17) is 6.42 Å². The topological polar surface area (TPSA) is 55.2 Å². The molecule has 0 spiro atoms. The molecule has 0 saturated carbocycles. The summed E-state index contributed by atoms with van der Waals surface area (Å²) in [6.45, 7) is 2.51. The van der Waals surface area contributed by atoms with Gasteiger partial charge in [0.1, 0.15) is 0 Å². The molecule has 1 aromatic rings. The van der Waals surface area contributed by atoms with Gasteiger partial charge in [-0.1, -0.05) is 0 Å². The van der Waals surface area contributed by atoms with Crippen molar-refractivity contribution in [3.63, 3.8) is 0 Å². The van der Waals surface area contributed by atoms with Crippen molar-refractivity contribution in [1.82, 2.24) is 0 Å². The molecule has 0 bridgehead atoms. The first-order valence-corrected chi connectivity index (χ1v) is 5.07. The summed E-state index contributed by atoms with van der Waals surface area (Å²) < 4.78 is 0. The largest absolute Gasteiger partial charge is 0.385 e. The number of rotatable bonds is 5. The molecule has 1 rings (SSSR count). The Bertz CT molecular complexity index is 422. The van der Waals surface area contributed by atoms with E-state index >= 15 is 0 Å². The summed E-state index contributed by atoms with van der Waals surface area (Å²) >= 11 is 0. The Balaban J connectivity index is 2.60. The molecule has 0 aliphatic carbocycles. The highest BCUT2D eigenvalue weighted by atomic mass is 16.6. The molecule has 4 heteroatoms. The zero-order valence-corrected chi connectivity index (χ0v) is 9.19. The van der Waals surface area contributed by atoms with Gasteiger partial charge in [0.2, 0.25) is 0 Å². The lowest BCUT2D eigenvalue weighted by Crippen LogP contribution is -2.01. The first kappa shape index (κ1) is 12.1. The van der Waals surface area contributed by atoms with Crippen LogP contribution in [0.25, 0.3) is 0 Å². The molecule has 0 radical (unpaired) electrons. The number of anilines is 1. The van der Waals surface area contributed by atoms with Crippen LogP contribution in [0.4, 0.5) is 11.4 Å². The number of benzene rings is 1. The normalized spacial score (nSPS) is 9.50.